The Morgan fingerprint density at radius 2 is 1.73 bits per heavy atom. The van der Waals surface area contributed by atoms with Crippen molar-refractivity contribution in [3.05, 3.63) is 87.9 Å². The maximum atomic E-state index is 13.3. The Bertz CT molecular complexity index is 1390. The van der Waals surface area contributed by atoms with Gasteiger partial charge in [-0.15, -0.1) is 0 Å². The molecule has 11 heteroatoms. The lowest BCUT2D eigenvalue weighted by molar-refractivity contribution is -0.129. The van der Waals surface area contributed by atoms with E-state index in [-0.39, 0.29) is 24.8 Å². The predicted octanol–water partition coefficient (Wildman–Crippen LogP) is 6.38. The number of amidine groups is 1. The molecule has 40 heavy (non-hydrogen) atoms. The van der Waals surface area contributed by atoms with Crippen LogP contribution >= 0.6 is 35.0 Å². The average molecular weight is 601 g/mol. The average Bonchev–Trinajstić information content (AvgIpc) is 2.92. The van der Waals surface area contributed by atoms with Gasteiger partial charge >= 0.3 is 5.97 Å². The van der Waals surface area contributed by atoms with Crippen LogP contribution in [-0.2, 0) is 20.7 Å². The summed E-state index contributed by atoms with van der Waals surface area (Å²) in [6, 6.07) is 18.9. The number of carbonyl (C=O) groups excluding carboxylic acids is 3. The number of thioether (sulfide) groups is 1. The minimum Gasteiger partial charge on any atom is -0.497 e. The molecule has 1 N–H and O–H groups in total. The first-order valence-corrected chi connectivity index (χ1v) is 14.1. The number of halogens is 2. The molecule has 2 amide bonds. The number of amides is 2. The quantitative estimate of drug-likeness (QED) is 0.286. The highest BCUT2D eigenvalue weighted by Gasteiger charge is 2.36. The van der Waals surface area contributed by atoms with Crippen LogP contribution in [0.25, 0.3) is 0 Å². The molecular weight excluding hydrogens is 573 g/mol. The first kappa shape index (κ1) is 29.5. The summed E-state index contributed by atoms with van der Waals surface area (Å²) in [5, 5.41) is 3.23. The summed E-state index contributed by atoms with van der Waals surface area (Å²) in [6.07, 6.45) is 0.573. The first-order chi connectivity index (χ1) is 19.2. The van der Waals surface area contributed by atoms with Gasteiger partial charge in [-0.25, -0.2) is 9.79 Å². The minimum atomic E-state index is -0.722. The zero-order valence-electron chi connectivity index (χ0n) is 21.9. The molecule has 1 aliphatic rings. The molecule has 208 valence electrons. The van der Waals surface area contributed by atoms with Crippen LogP contribution in [0.4, 0.5) is 11.4 Å². The van der Waals surface area contributed by atoms with Crippen molar-refractivity contribution in [2.45, 2.75) is 25.0 Å². The number of methoxy groups -OCH3 is 1. The van der Waals surface area contributed by atoms with Crippen LogP contribution in [-0.4, -0.2) is 53.4 Å². The van der Waals surface area contributed by atoms with E-state index in [2.05, 4.69) is 5.32 Å². The van der Waals surface area contributed by atoms with E-state index in [9.17, 15) is 14.4 Å². The molecule has 0 saturated carbocycles. The van der Waals surface area contributed by atoms with Gasteiger partial charge in [0, 0.05) is 28.7 Å². The molecule has 1 atom stereocenters. The highest BCUT2D eigenvalue weighted by molar-refractivity contribution is 8.15. The van der Waals surface area contributed by atoms with Crippen LogP contribution in [0.1, 0.15) is 29.3 Å². The van der Waals surface area contributed by atoms with Crippen molar-refractivity contribution in [2.75, 3.05) is 25.6 Å². The van der Waals surface area contributed by atoms with Crippen molar-refractivity contribution in [1.29, 1.82) is 0 Å². The van der Waals surface area contributed by atoms with Crippen molar-refractivity contribution < 1.29 is 23.9 Å². The molecule has 0 unspecified atom stereocenters. The van der Waals surface area contributed by atoms with E-state index in [1.54, 1.807) is 61.4 Å². The smallest absolute Gasteiger partial charge is 0.338 e. The van der Waals surface area contributed by atoms with Gasteiger partial charge in [-0.3, -0.25) is 14.5 Å². The van der Waals surface area contributed by atoms with Crippen LogP contribution in [0.15, 0.2) is 71.7 Å². The summed E-state index contributed by atoms with van der Waals surface area (Å²) in [5.74, 6) is -0.269. The van der Waals surface area contributed by atoms with Crippen molar-refractivity contribution in [2.24, 2.45) is 4.99 Å². The Hall–Kier alpha value is -3.53. The Balaban J connectivity index is 1.56. The number of esters is 1. The van der Waals surface area contributed by atoms with Gasteiger partial charge < -0.3 is 14.8 Å². The van der Waals surface area contributed by atoms with Crippen molar-refractivity contribution >= 4 is 69.3 Å². The monoisotopic (exact) mass is 599 g/mol. The molecular formula is C29H27Cl2N3O5S. The van der Waals surface area contributed by atoms with E-state index >= 15 is 0 Å². The van der Waals surface area contributed by atoms with Crippen molar-refractivity contribution in [1.82, 2.24) is 4.90 Å². The highest BCUT2D eigenvalue weighted by atomic mass is 35.5. The summed E-state index contributed by atoms with van der Waals surface area (Å²) < 4.78 is 10.3. The van der Waals surface area contributed by atoms with E-state index in [1.807, 2.05) is 24.3 Å². The van der Waals surface area contributed by atoms with Crippen molar-refractivity contribution in [3.8, 4) is 5.75 Å². The summed E-state index contributed by atoms with van der Waals surface area (Å²) >= 11 is 13.3. The van der Waals surface area contributed by atoms with Gasteiger partial charge in [0.25, 0.3) is 0 Å². The fourth-order valence-electron chi connectivity index (χ4n) is 3.94. The molecule has 0 aliphatic carbocycles. The van der Waals surface area contributed by atoms with E-state index in [1.165, 1.54) is 11.8 Å². The summed E-state index contributed by atoms with van der Waals surface area (Å²) in [7, 11) is 1.61. The van der Waals surface area contributed by atoms with Gasteiger partial charge in [0.15, 0.2) is 5.17 Å². The zero-order chi connectivity index (χ0) is 28.6. The Morgan fingerprint density at radius 3 is 2.35 bits per heavy atom. The highest BCUT2D eigenvalue weighted by Crippen LogP contribution is 2.31. The number of nitrogens with zero attached hydrogens (tertiary/aromatic N) is 2. The van der Waals surface area contributed by atoms with E-state index in [0.717, 1.165) is 11.3 Å². The van der Waals surface area contributed by atoms with Crippen LogP contribution in [0, 0.1) is 0 Å². The summed E-state index contributed by atoms with van der Waals surface area (Å²) in [5.41, 5.74) is 2.38. The SMILES string of the molecule is CCOC(=O)c1ccc(N=C2S[C@@H](C(=O)Nc3cc(Cl)cc(Cl)c3)CC(=O)N2CCc2ccc(OC)cc2)cc1. The number of hydrogen-bond donors (Lipinski definition) is 1. The van der Waals surface area contributed by atoms with E-state index in [4.69, 9.17) is 37.7 Å². The second kappa shape index (κ2) is 13.7. The predicted molar refractivity (Wildman–Crippen MR) is 159 cm³/mol. The molecule has 1 heterocycles. The number of benzene rings is 3. The molecule has 1 aliphatic heterocycles. The third-order valence-electron chi connectivity index (χ3n) is 5.95. The number of anilines is 1. The molecule has 0 aromatic heterocycles. The lowest BCUT2D eigenvalue weighted by Gasteiger charge is -2.32. The van der Waals surface area contributed by atoms with E-state index in [0.29, 0.717) is 45.1 Å². The van der Waals surface area contributed by atoms with Crippen LogP contribution in [0.2, 0.25) is 10.0 Å². The first-order valence-electron chi connectivity index (χ1n) is 12.5. The third kappa shape index (κ3) is 7.78. The fourth-order valence-corrected chi connectivity index (χ4v) is 5.59. The van der Waals surface area contributed by atoms with E-state index < -0.39 is 11.2 Å². The number of carbonyl (C=O) groups is 3. The molecule has 0 radical (unpaired) electrons. The zero-order valence-corrected chi connectivity index (χ0v) is 24.2. The Morgan fingerprint density at radius 1 is 1.05 bits per heavy atom. The normalized spacial score (nSPS) is 16.1. The van der Waals surface area contributed by atoms with Crippen molar-refractivity contribution in [3.63, 3.8) is 0 Å². The Kier molecular flexibility index (Phi) is 10.1. The van der Waals surface area contributed by atoms with Gasteiger partial charge in [0.1, 0.15) is 11.0 Å². The topological polar surface area (TPSA) is 97.3 Å². The number of aliphatic imine (C=N–C) groups is 1. The summed E-state index contributed by atoms with van der Waals surface area (Å²) in [4.78, 5) is 44.8. The minimum absolute atomic E-state index is 0.00573. The molecule has 4 rings (SSSR count). The molecule has 3 aromatic rings. The lowest BCUT2D eigenvalue weighted by atomic mass is 10.1. The van der Waals surface area contributed by atoms with Gasteiger partial charge in [0.2, 0.25) is 11.8 Å². The molecule has 1 fully saturated rings. The van der Waals surface area contributed by atoms with Crippen LogP contribution in [0.3, 0.4) is 0 Å². The maximum Gasteiger partial charge on any atom is 0.338 e. The molecule has 8 nitrogen and oxygen atoms in total. The summed E-state index contributed by atoms with van der Waals surface area (Å²) in [6.45, 7) is 2.38. The van der Waals surface area contributed by atoms with Crippen LogP contribution in [0.5, 0.6) is 5.75 Å². The van der Waals surface area contributed by atoms with Gasteiger partial charge in [-0.2, -0.15) is 0 Å². The Labute approximate surface area is 246 Å². The lowest BCUT2D eigenvalue weighted by Crippen LogP contribution is -2.46. The molecule has 1 saturated heterocycles. The van der Waals surface area contributed by atoms with Gasteiger partial charge in [0.05, 0.1) is 25.0 Å². The second-order valence-corrected chi connectivity index (χ2v) is 10.8. The number of ether oxygens (including phenoxy) is 2. The number of nitrogens with one attached hydrogen (secondary N) is 1. The second-order valence-electron chi connectivity index (χ2n) is 8.76. The van der Waals surface area contributed by atoms with Gasteiger partial charge in [-0.1, -0.05) is 47.1 Å². The molecule has 3 aromatic carbocycles. The molecule has 0 spiro atoms. The number of rotatable bonds is 9. The van der Waals surface area contributed by atoms with Crippen LogP contribution < -0.4 is 10.1 Å². The standard InChI is InChI=1S/C29H27Cl2N3O5S/c1-3-39-28(37)19-6-8-22(9-7-19)33-29-34(13-12-18-4-10-24(38-2)11-5-18)26(35)17-25(40-29)27(36)32-23-15-20(30)14-21(31)16-23/h4-11,14-16,25H,3,12-13,17H2,1-2H3,(H,32,36)/t25-/m1/s1. The maximum absolute atomic E-state index is 13.3. The fraction of sp³-hybridized carbons (Fsp3) is 0.241. The third-order valence-corrected chi connectivity index (χ3v) is 7.57. The van der Waals surface area contributed by atoms with Gasteiger partial charge in [-0.05, 0) is 73.5 Å². The number of hydrogen-bond acceptors (Lipinski definition) is 7. The largest absolute Gasteiger partial charge is 0.497 e. The molecule has 0 bridgehead atoms.